The third kappa shape index (κ3) is 2.99. The molecule has 0 aromatic heterocycles. The standard InChI is InChI=1S/C16H24N2O/c19-16(8-3-9-17-13-16)15-6-4-14(5-7-15)12-18-10-1-2-11-18/h4-7,17,19H,1-3,8-13H2. The third-order valence-electron chi connectivity index (χ3n) is 4.46. The Bertz CT molecular complexity index is 403. The molecule has 0 radical (unpaired) electrons. The van der Waals surface area contributed by atoms with Gasteiger partial charge in [0, 0.05) is 13.1 Å². The fraction of sp³-hybridized carbons (Fsp3) is 0.625. The van der Waals surface area contributed by atoms with E-state index in [0.717, 1.165) is 31.5 Å². The van der Waals surface area contributed by atoms with Gasteiger partial charge in [-0.05, 0) is 56.4 Å². The van der Waals surface area contributed by atoms with Crippen LogP contribution in [0.1, 0.15) is 36.8 Å². The fourth-order valence-electron chi connectivity index (χ4n) is 3.26. The van der Waals surface area contributed by atoms with Gasteiger partial charge < -0.3 is 10.4 Å². The normalized spacial score (nSPS) is 28.7. The predicted octanol–water partition coefficient (Wildman–Crippen LogP) is 1.85. The van der Waals surface area contributed by atoms with Crippen molar-refractivity contribution in [3.05, 3.63) is 35.4 Å². The van der Waals surface area contributed by atoms with Crippen LogP contribution in [-0.4, -0.2) is 36.2 Å². The quantitative estimate of drug-likeness (QED) is 0.870. The lowest BCUT2D eigenvalue weighted by atomic mass is 9.86. The number of piperidine rings is 1. The highest BCUT2D eigenvalue weighted by Gasteiger charge is 2.30. The van der Waals surface area contributed by atoms with Crippen molar-refractivity contribution in [3.8, 4) is 0 Å². The second-order valence-electron chi connectivity index (χ2n) is 5.99. The van der Waals surface area contributed by atoms with Crippen molar-refractivity contribution in [3.63, 3.8) is 0 Å². The van der Waals surface area contributed by atoms with E-state index >= 15 is 0 Å². The van der Waals surface area contributed by atoms with Crippen molar-refractivity contribution >= 4 is 0 Å². The Morgan fingerprint density at radius 1 is 1.11 bits per heavy atom. The van der Waals surface area contributed by atoms with Crippen molar-refractivity contribution < 1.29 is 5.11 Å². The molecule has 0 saturated carbocycles. The predicted molar refractivity (Wildman–Crippen MR) is 77.0 cm³/mol. The topological polar surface area (TPSA) is 35.5 Å². The van der Waals surface area contributed by atoms with Gasteiger partial charge in [0.05, 0.1) is 0 Å². The number of nitrogens with zero attached hydrogens (tertiary/aromatic N) is 1. The van der Waals surface area contributed by atoms with Gasteiger partial charge in [0.1, 0.15) is 5.60 Å². The summed E-state index contributed by atoms with van der Waals surface area (Å²) in [4.78, 5) is 2.51. The second-order valence-corrected chi connectivity index (χ2v) is 5.99. The molecule has 2 fully saturated rings. The molecule has 2 aliphatic heterocycles. The van der Waals surface area contributed by atoms with E-state index in [1.165, 1.54) is 31.5 Å². The minimum atomic E-state index is -0.662. The van der Waals surface area contributed by atoms with Crippen LogP contribution in [0.3, 0.4) is 0 Å². The average Bonchev–Trinajstić information content (AvgIpc) is 2.93. The van der Waals surface area contributed by atoms with Gasteiger partial charge in [-0.3, -0.25) is 4.90 Å². The maximum Gasteiger partial charge on any atom is 0.102 e. The van der Waals surface area contributed by atoms with Gasteiger partial charge in [-0.15, -0.1) is 0 Å². The van der Waals surface area contributed by atoms with Crippen molar-refractivity contribution in [2.24, 2.45) is 0 Å². The van der Waals surface area contributed by atoms with E-state index < -0.39 is 5.60 Å². The molecule has 1 atom stereocenters. The molecule has 0 spiro atoms. The monoisotopic (exact) mass is 260 g/mol. The second kappa shape index (κ2) is 5.61. The first-order chi connectivity index (χ1) is 9.26. The smallest absolute Gasteiger partial charge is 0.102 e. The van der Waals surface area contributed by atoms with Gasteiger partial charge >= 0.3 is 0 Å². The van der Waals surface area contributed by atoms with Crippen LogP contribution < -0.4 is 5.32 Å². The zero-order valence-electron chi connectivity index (χ0n) is 11.6. The molecule has 3 heteroatoms. The molecule has 104 valence electrons. The fourth-order valence-corrected chi connectivity index (χ4v) is 3.26. The SMILES string of the molecule is OC1(c2ccc(CN3CCCC3)cc2)CCCNC1. The lowest BCUT2D eigenvalue weighted by molar-refractivity contribution is 0.0123. The summed E-state index contributed by atoms with van der Waals surface area (Å²) >= 11 is 0. The van der Waals surface area contributed by atoms with Gasteiger partial charge in [-0.2, -0.15) is 0 Å². The summed E-state index contributed by atoms with van der Waals surface area (Å²) in [5.41, 5.74) is 1.76. The zero-order chi connectivity index (χ0) is 13.1. The van der Waals surface area contributed by atoms with Crippen molar-refractivity contribution in [2.75, 3.05) is 26.2 Å². The lowest BCUT2D eigenvalue weighted by Crippen LogP contribution is -2.43. The van der Waals surface area contributed by atoms with Gasteiger partial charge in [-0.1, -0.05) is 24.3 Å². The molecule has 1 aromatic carbocycles. The number of nitrogens with one attached hydrogen (secondary N) is 1. The molecular weight excluding hydrogens is 236 g/mol. The first kappa shape index (κ1) is 13.1. The number of likely N-dealkylation sites (tertiary alicyclic amines) is 1. The number of hydrogen-bond acceptors (Lipinski definition) is 3. The van der Waals surface area contributed by atoms with Gasteiger partial charge in [0.2, 0.25) is 0 Å². The third-order valence-corrected chi connectivity index (χ3v) is 4.46. The summed E-state index contributed by atoms with van der Waals surface area (Å²) in [6.07, 6.45) is 4.59. The minimum absolute atomic E-state index is 0.662. The molecule has 3 nitrogen and oxygen atoms in total. The van der Waals surface area contributed by atoms with E-state index in [-0.39, 0.29) is 0 Å². The minimum Gasteiger partial charge on any atom is -0.384 e. The summed E-state index contributed by atoms with van der Waals surface area (Å²) in [5, 5.41) is 13.9. The summed E-state index contributed by atoms with van der Waals surface area (Å²) in [6.45, 7) is 5.22. The molecule has 1 aromatic rings. The van der Waals surface area contributed by atoms with Crippen LogP contribution in [0.25, 0.3) is 0 Å². The molecule has 0 aliphatic carbocycles. The molecular formula is C16H24N2O. The van der Waals surface area contributed by atoms with Crippen LogP contribution in [0.2, 0.25) is 0 Å². The summed E-state index contributed by atoms with van der Waals surface area (Å²) in [5.74, 6) is 0. The average molecular weight is 260 g/mol. The van der Waals surface area contributed by atoms with Crippen LogP contribution in [0.4, 0.5) is 0 Å². The molecule has 2 saturated heterocycles. The largest absolute Gasteiger partial charge is 0.384 e. The highest BCUT2D eigenvalue weighted by Crippen LogP contribution is 2.28. The maximum atomic E-state index is 10.6. The highest BCUT2D eigenvalue weighted by atomic mass is 16.3. The first-order valence-corrected chi connectivity index (χ1v) is 7.51. The Morgan fingerprint density at radius 2 is 1.84 bits per heavy atom. The van der Waals surface area contributed by atoms with Gasteiger partial charge in [-0.25, -0.2) is 0 Å². The summed E-state index contributed by atoms with van der Waals surface area (Å²) in [7, 11) is 0. The van der Waals surface area contributed by atoms with E-state index in [4.69, 9.17) is 0 Å². The highest BCUT2D eigenvalue weighted by molar-refractivity contribution is 5.28. The maximum absolute atomic E-state index is 10.6. The number of β-amino-alcohol motifs (C(OH)–C–C–N with tert-alkyl or cyclic N) is 1. The molecule has 0 amide bonds. The Balaban J connectivity index is 1.67. The number of hydrogen-bond donors (Lipinski definition) is 2. The van der Waals surface area contributed by atoms with Crippen molar-refractivity contribution in [2.45, 2.75) is 37.8 Å². The van der Waals surface area contributed by atoms with Gasteiger partial charge in [0.15, 0.2) is 0 Å². The first-order valence-electron chi connectivity index (χ1n) is 7.51. The molecule has 1 unspecified atom stereocenters. The van der Waals surface area contributed by atoms with Crippen molar-refractivity contribution in [1.82, 2.24) is 10.2 Å². The van der Waals surface area contributed by atoms with E-state index in [1.54, 1.807) is 0 Å². The molecule has 2 heterocycles. The van der Waals surface area contributed by atoms with Crippen LogP contribution >= 0.6 is 0 Å². The number of benzene rings is 1. The van der Waals surface area contributed by atoms with E-state index in [0.29, 0.717) is 6.54 Å². The van der Waals surface area contributed by atoms with Crippen LogP contribution in [0, 0.1) is 0 Å². The van der Waals surface area contributed by atoms with Gasteiger partial charge in [0.25, 0.3) is 0 Å². The molecule has 0 bridgehead atoms. The number of aliphatic hydroxyl groups is 1. The molecule has 19 heavy (non-hydrogen) atoms. The zero-order valence-corrected chi connectivity index (χ0v) is 11.6. The number of rotatable bonds is 3. The summed E-state index contributed by atoms with van der Waals surface area (Å²) in [6, 6.07) is 8.58. The molecule has 3 rings (SSSR count). The Labute approximate surface area is 115 Å². The lowest BCUT2D eigenvalue weighted by Gasteiger charge is -2.33. The Morgan fingerprint density at radius 3 is 2.47 bits per heavy atom. The van der Waals surface area contributed by atoms with Crippen LogP contribution in [0.15, 0.2) is 24.3 Å². The van der Waals surface area contributed by atoms with Crippen LogP contribution in [0.5, 0.6) is 0 Å². The molecule has 2 aliphatic rings. The van der Waals surface area contributed by atoms with E-state index in [2.05, 4.69) is 34.5 Å². The summed E-state index contributed by atoms with van der Waals surface area (Å²) < 4.78 is 0. The van der Waals surface area contributed by atoms with E-state index in [9.17, 15) is 5.11 Å². The molecule has 2 N–H and O–H groups in total. The van der Waals surface area contributed by atoms with Crippen LogP contribution in [-0.2, 0) is 12.1 Å². The van der Waals surface area contributed by atoms with E-state index in [1.807, 2.05) is 0 Å². The Hall–Kier alpha value is -0.900. The Kier molecular flexibility index (Phi) is 3.87. The van der Waals surface area contributed by atoms with Crippen molar-refractivity contribution in [1.29, 1.82) is 0 Å².